The van der Waals surface area contributed by atoms with Crippen LogP contribution in [0.3, 0.4) is 0 Å². The summed E-state index contributed by atoms with van der Waals surface area (Å²) >= 11 is 0. The number of likely N-dealkylation sites (N-methyl/N-ethyl adjacent to an activating group) is 1. The van der Waals surface area contributed by atoms with E-state index in [0.29, 0.717) is 0 Å². The van der Waals surface area contributed by atoms with E-state index in [1.165, 1.54) is 71.5 Å². The van der Waals surface area contributed by atoms with E-state index in [2.05, 4.69) is 27.5 Å². The van der Waals surface area contributed by atoms with Crippen molar-refractivity contribution >= 4 is 0 Å². The predicted octanol–water partition coefficient (Wildman–Crippen LogP) is 0.356. The molecular formula is C14H30N4. The van der Waals surface area contributed by atoms with Crippen LogP contribution in [0.25, 0.3) is 0 Å². The lowest BCUT2D eigenvalue weighted by Crippen LogP contribution is -2.45. The van der Waals surface area contributed by atoms with E-state index < -0.39 is 0 Å². The minimum absolute atomic E-state index is 0.724. The topological polar surface area (TPSA) is 30.5 Å². The van der Waals surface area contributed by atoms with Gasteiger partial charge in [0.2, 0.25) is 0 Å². The van der Waals surface area contributed by atoms with Crippen LogP contribution in [0.5, 0.6) is 0 Å². The van der Waals surface area contributed by atoms with Crippen LogP contribution in [-0.4, -0.2) is 75.2 Å². The van der Waals surface area contributed by atoms with Gasteiger partial charge in [0.25, 0.3) is 0 Å². The Hall–Kier alpha value is -0.160. The molecule has 18 heavy (non-hydrogen) atoms. The van der Waals surface area contributed by atoms with Crippen LogP contribution in [0.2, 0.25) is 0 Å². The third-order valence-corrected chi connectivity index (χ3v) is 4.23. The molecule has 106 valence electrons. The van der Waals surface area contributed by atoms with Gasteiger partial charge in [-0.05, 0) is 45.9 Å². The molecule has 1 atom stereocenters. The highest BCUT2D eigenvalue weighted by molar-refractivity contribution is 4.74. The van der Waals surface area contributed by atoms with Gasteiger partial charge in [0.15, 0.2) is 0 Å². The molecule has 4 nitrogen and oxygen atoms in total. The lowest BCUT2D eigenvalue weighted by molar-refractivity contribution is 0.152. The summed E-state index contributed by atoms with van der Waals surface area (Å²) < 4.78 is 0. The average Bonchev–Trinajstić information content (AvgIpc) is 2.42. The zero-order valence-corrected chi connectivity index (χ0v) is 12.0. The van der Waals surface area contributed by atoms with Gasteiger partial charge in [-0.25, -0.2) is 0 Å². The van der Waals surface area contributed by atoms with Crippen molar-refractivity contribution in [1.82, 2.24) is 20.4 Å². The van der Waals surface area contributed by atoms with Crippen molar-refractivity contribution in [3.05, 3.63) is 0 Å². The highest BCUT2D eigenvalue weighted by Crippen LogP contribution is 2.05. The van der Waals surface area contributed by atoms with E-state index in [0.717, 1.165) is 12.6 Å². The van der Waals surface area contributed by atoms with E-state index in [1.807, 2.05) is 0 Å². The van der Waals surface area contributed by atoms with Crippen molar-refractivity contribution in [2.24, 2.45) is 0 Å². The fourth-order valence-corrected chi connectivity index (χ4v) is 2.87. The van der Waals surface area contributed by atoms with Gasteiger partial charge in [-0.1, -0.05) is 6.42 Å². The van der Waals surface area contributed by atoms with Crippen molar-refractivity contribution < 1.29 is 0 Å². The van der Waals surface area contributed by atoms with Crippen LogP contribution < -0.4 is 10.6 Å². The first-order chi connectivity index (χ1) is 8.84. The van der Waals surface area contributed by atoms with Crippen molar-refractivity contribution in [1.29, 1.82) is 0 Å². The van der Waals surface area contributed by atoms with E-state index in [-0.39, 0.29) is 0 Å². The summed E-state index contributed by atoms with van der Waals surface area (Å²) in [5.74, 6) is 0. The Balaban J connectivity index is 1.43. The molecule has 2 aliphatic heterocycles. The predicted molar refractivity (Wildman–Crippen MR) is 77.1 cm³/mol. The first kappa shape index (κ1) is 14.3. The number of rotatable bonds is 6. The number of nitrogens with one attached hydrogen (secondary N) is 2. The molecule has 0 aromatic carbocycles. The van der Waals surface area contributed by atoms with Crippen molar-refractivity contribution in [3.8, 4) is 0 Å². The lowest BCUT2D eigenvalue weighted by atomic mass is 10.1. The van der Waals surface area contributed by atoms with Crippen LogP contribution in [0.1, 0.15) is 25.7 Å². The quantitative estimate of drug-likeness (QED) is 0.670. The molecular weight excluding hydrogens is 224 g/mol. The molecule has 0 spiro atoms. The number of hydrogen-bond acceptors (Lipinski definition) is 4. The van der Waals surface area contributed by atoms with Crippen molar-refractivity contribution in [2.45, 2.75) is 31.7 Å². The number of hydrogen-bond donors (Lipinski definition) is 2. The van der Waals surface area contributed by atoms with E-state index in [9.17, 15) is 0 Å². The summed E-state index contributed by atoms with van der Waals surface area (Å²) in [6, 6.07) is 0.724. The summed E-state index contributed by atoms with van der Waals surface area (Å²) in [4.78, 5) is 5.02. The number of nitrogens with zero attached hydrogens (tertiary/aromatic N) is 2. The molecule has 0 radical (unpaired) electrons. The van der Waals surface area contributed by atoms with Gasteiger partial charge in [0.1, 0.15) is 0 Å². The molecule has 2 rings (SSSR count). The minimum atomic E-state index is 0.724. The maximum atomic E-state index is 3.60. The Morgan fingerprint density at radius 1 is 1.17 bits per heavy atom. The lowest BCUT2D eigenvalue weighted by Gasteiger charge is -2.32. The average molecular weight is 254 g/mol. The molecule has 0 saturated carbocycles. The van der Waals surface area contributed by atoms with Crippen molar-refractivity contribution in [2.75, 3.05) is 59.4 Å². The Kier molecular flexibility index (Phi) is 6.41. The van der Waals surface area contributed by atoms with Crippen LogP contribution in [0, 0.1) is 0 Å². The highest BCUT2D eigenvalue weighted by atomic mass is 15.2. The van der Waals surface area contributed by atoms with E-state index in [1.54, 1.807) is 0 Å². The fraction of sp³-hybridized carbons (Fsp3) is 1.00. The Bertz CT molecular complexity index is 208. The normalized spacial score (nSPS) is 27.5. The molecule has 4 heteroatoms. The van der Waals surface area contributed by atoms with E-state index in [4.69, 9.17) is 0 Å². The third kappa shape index (κ3) is 5.22. The van der Waals surface area contributed by atoms with Crippen molar-refractivity contribution in [3.63, 3.8) is 0 Å². The maximum Gasteiger partial charge on any atom is 0.0192 e. The summed E-state index contributed by atoms with van der Waals surface area (Å²) in [5, 5.41) is 7.19. The number of piperazine rings is 1. The van der Waals surface area contributed by atoms with Crippen LogP contribution >= 0.6 is 0 Å². The molecule has 1 unspecified atom stereocenters. The zero-order valence-electron chi connectivity index (χ0n) is 12.0. The molecule has 0 aliphatic carbocycles. The van der Waals surface area contributed by atoms with Gasteiger partial charge in [0.05, 0.1) is 0 Å². The van der Waals surface area contributed by atoms with Crippen LogP contribution in [0.15, 0.2) is 0 Å². The second kappa shape index (κ2) is 8.10. The van der Waals surface area contributed by atoms with Gasteiger partial charge in [-0.2, -0.15) is 0 Å². The fourth-order valence-electron chi connectivity index (χ4n) is 2.87. The molecule has 2 saturated heterocycles. The Morgan fingerprint density at radius 3 is 2.72 bits per heavy atom. The Labute approximate surface area is 112 Å². The highest BCUT2D eigenvalue weighted by Gasteiger charge is 2.13. The standard InChI is InChI=1S/C14H30N4/c1-17-9-11-18(12-10-17)8-4-6-15-13-14-5-2-3-7-16-14/h14-16H,2-13H2,1H3. The van der Waals surface area contributed by atoms with Gasteiger partial charge < -0.3 is 20.4 Å². The van der Waals surface area contributed by atoms with Crippen LogP contribution in [0.4, 0.5) is 0 Å². The number of piperidine rings is 1. The largest absolute Gasteiger partial charge is 0.315 e. The monoisotopic (exact) mass is 254 g/mol. The summed E-state index contributed by atoms with van der Waals surface area (Å²) in [6.45, 7) is 9.78. The first-order valence-electron chi connectivity index (χ1n) is 7.69. The smallest absolute Gasteiger partial charge is 0.0192 e. The third-order valence-electron chi connectivity index (χ3n) is 4.23. The molecule has 0 aromatic rings. The second-order valence-corrected chi connectivity index (χ2v) is 5.85. The van der Waals surface area contributed by atoms with Gasteiger partial charge in [-0.15, -0.1) is 0 Å². The maximum absolute atomic E-state index is 3.60. The zero-order chi connectivity index (χ0) is 12.6. The molecule has 0 aromatic heterocycles. The van der Waals surface area contributed by atoms with E-state index >= 15 is 0 Å². The van der Waals surface area contributed by atoms with Gasteiger partial charge >= 0.3 is 0 Å². The first-order valence-corrected chi connectivity index (χ1v) is 7.69. The van der Waals surface area contributed by atoms with Gasteiger partial charge in [0, 0.05) is 38.8 Å². The molecule has 2 heterocycles. The Morgan fingerprint density at radius 2 is 2.00 bits per heavy atom. The SMILES string of the molecule is CN1CCN(CCCNCC2CCCCN2)CC1. The molecule has 0 amide bonds. The van der Waals surface area contributed by atoms with Crippen LogP contribution in [-0.2, 0) is 0 Å². The second-order valence-electron chi connectivity index (χ2n) is 5.85. The molecule has 2 aliphatic rings. The summed E-state index contributed by atoms with van der Waals surface area (Å²) in [5.41, 5.74) is 0. The summed E-state index contributed by atoms with van der Waals surface area (Å²) in [7, 11) is 2.22. The molecule has 2 fully saturated rings. The molecule has 0 bridgehead atoms. The minimum Gasteiger partial charge on any atom is -0.315 e. The van der Waals surface area contributed by atoms with Gasteiger partial charge in [-0.3, -0.25) is 0 Å². The summed E-state index contributed by atoms with van der Waals surface area (Å²) in [6.07, 6.45) is 5.41. The molecule has 2 N–H and O–H groups in total.